The molecule has 0 amide bonds. The van der Waals surface area contributed by atoms with Crippen molar-refractivity contribution in [2.75, 3.05) is 11.5 Å². The van der Waals surface area contributed by atoms with Gasteiger partial charge in [0.2, 0.25) is 5.78 Å². The Morgan fingerprint density at radius 3 is 2.30 bits per heavy atom. The van der Waals surface area contributed by atoms with Gasteiger partial charge in [0.1, 0.15) is 0 Å². The minimum atomic E-state index is -4.65. The van der Waals surface area contributed by atoms with Crippen LogP contribution in [0.5, 0.6) is 0 Å². The van der Waals surface area contributed by atoms with Crippen LogP contribution in [0.2, 0.25) is 0 Å². The van der Waals surface area contributed by atoms with Gasteiger partial charge in [0, 0.05) is 0 Å². The first-order chi connectivity index (χ1) is 4.48. The highest BCUT2D eigenvalue weighted by atomic mass is 32.2. The van der Waals surface area contributed by atoms with Crippen LogP contribution >= 0.6 is 11.8 Å². The maximum atomic E-state index is 11.4. The topological polar surface area (TPSA) is 17.1 Å². The number of carbonyl (C=O) groups excluding carboxylic acids is 1. The van der Waals surface area contributed by atoms with E-state index in [1.165, 1.54) is 0 Å². The number of thioether (sulfide) groups is 1. The van der Waals surface area contributed by atoms with Crippen molar-refractivity contribution in [3.63, 3.8) is 0 Å². The lowest BCUT2D eigenvalue weighted by Gasteiger charge is -2.02. The number of alkyl halides is 3. The van der Waals surface area contributed by atoms with Crippen LogP contribution in [-0.2, 0) is 4.79 Å². The molecule has 0 aromatic heterocycles. The number of Topliss-reactive ketones (excluding diaryl/α,β-unsaturated/α-hetero) is 1. The third kappa shape index (κ3) is 3.76. The van der Waals surface area contributed by atoms with Gasteiger partial charge >= 0.3 is 6.18 Å². The van der Waals surface area contributed by atoms with E-state index in [-0.39, 0.29) is 0 Å². The zero-order valence-electron chi connectivity index (χ0n) is 5.36. The van der Waals surface area contributed by atoms with Crippen molar-refractivity contribution in [3.8, 4) is 0 Å². The summed E-state index contributed by atoms with van der Waals surface area (Å²) < 4.78 is 34.2. The zero-order valence-corrected chi connectivity index (χ0v) is 6.18. The highest BCUT2D eigenvalue weighted by Crippen LogP contribution is 2.18. The van der Waals surface area contributed by atoms with Crippen LogP contribution in [0, 0.1) is 0 Å². The molecule has 0 atom stereocenters. The van der Waals surface area contributed by atoms with E-state index in [1.54, 1.807) is 6.92 Å². The monoisotopic (exact) mass is 172 g/mol. The highest BCUT2D eigenvalue weighted by molar-refractivity contribution is 7.99. The number of carbonyl (C=O) groups is 1. The molecule has 1 nitrogen and oxygen atoms in total. The van der Waals surface area contributed by atoms with E-state index in [0.29, 0.717) is 5.75 Å². The summed E-state index contributed by atoms with van der Waals surface area (Å²) in [5.74, 6) is -1.58. The maximum Gasteiger partial charge on any atom is 0.450 e. The van der Waals surface area contributed by atoms with Gasteiger partial charge in [-0.05, 0) is 5.75 Å². The predicted octanol–water partition coefficient (Wildman–Crippen LogP) is 1.87. The van der Waals surface area contributed by atoms with Gasteiger partial charge < -0.3 is 0 Å². The Balaban J connectivity index is 3.64. The average molecular weight is 172 g/mol. The molecule has 0 saturated carbocycles. The van der Waals surface area contributed by atoms with Crippen molar-refractivity contribution in [2.24, 2.45) is 0 Å². The first-order valence-corrected chi connectivity index (χ1v) is 3.81. The van der Waals surface area contributed by atoms with Crippen LogP contribution in [-0.4, -0.2) is 23.5 Å². The number of hydrogen-bond donors (Lipinski definition) is 0. The fourth-order valence-electron chi connectivity index (χ4n) is 0.277. The van der Waals surface area contributed by atoms with Gasteiger partial charge in [-0.25, -0.2) is 0 Å². The minimum Gasteiger partial charge on any atom is -0.289 e. The molecule has 0 N–H and O–H groups in total. The van der Waals surface area contributed by atoms with Gasteiger partial charge in [0.15, 0.2) is 0 Å². The number of hydrogen-bond acceptors (Lipinski definition) is 2. The van der Waals surface area contributed by atoms with Crippen LogP contribution in [0.15, 0.2) is 0 Å². The van der Waals surface area contributed by atoms with Crippen LogP contribution in [0.4, 0.5) is 13.2 Å². The van der Waals surface area contributed by atoms with Crippen molar-refractivity contribution in [1.82, 2.24) is 0 Å². The Morgan fingerprint density at radius 2 is 2.00 bits per heavy atom. The number of rotatable bonds is 3. The summed E-state index contributed by atoms with van der Waals surface area (Å²) in [6.45, 7) is 1.70. The molecule has 0 rings (SSSR count). The molecule has 0 spiro atoms. The molecule has 0 aliphatic heterocycles. The van der Waals surface area contributed by atoms with Crippen LogP contribution in [0.3, 0.4) is 0 Å². The van der Waals surface area contributed by atoms with Crippen molar-refractivity contribution < 1.29 is 18.0 Å². The van der Waals surface area contributed by atoms with E-state index in [2.05, 4.69) is 0 Å². The van der Waals surface area contributed by atoms with E-state index in [0.717, 1.165) is 11.8 Å². The lowest BCUT2D eigenvalue weighted by atomic mass is 10.4. The first kappa shape index (κ1) is 9.81. The summed E-state index contributed by atoms with van der Waals surface area (Å²) in [4.78, 5) is 10.1. The Labute approximate surface area is 61.0 Å². The largest absolute Gasteiger partial charge is 0.450 e. The molecule has 0 unspecified atom stereocenters. The van der Waals surface area contributed by atoms with E-state index in [4.69, 9.17) is 0 Å². The molecule has 0 saturated heterocycles. The van der Waals surface area contributed by atoms with Crippen LogP contribution < -0.4 is 0 Å². The normalized spacial score (nSPS) is 11.6. The summed E-state index contributed by atoms with van der Waals surface area (Å²) >= 11 is 0.974. The molecular formula is C5H7F3OS. The molecule has 5 heteroatoms. The molecule has 0 aliphatic rings. The Morgan fingerprint density at radius 1 is 1.50 bits per heavy atom. The smallest absolute Gasteiger partial charge is 0.289 e. The SMILES string of the molecule is CCSCC(=O)C(F)(F)F. The zero-order chi connectivity index (χ0) is 8.20. The van der Waals surface area contributed by atoms with E-state index in [9.17, 15) is 18.0 Å². The van der Waals surface area contributed by atoms with Gasteiger partial charge in [-0.2, -0.15) is 24.9 Å². The number of ketones is 1. The fourth-order valence-corrected chi connectivity index (χ4v) is 0.830. The molecular weight excluding hydrogens is 165 g/mol. The van der Waals surface area contributed by atoms with Crippen molar-refractivity contribution >= 4 is 17.5 Å². The molecule has 0 bridgehead atoms. The van der Waals surface area contributed by atoms with Gasteiger partial charge in [0.25, 0.3) is 0 Å². The van der Waals surface area contributed by atoms with Crippen molar-refractivity contribution in [1.29, 1.82) is 0 Å². The molecule has 0 fully saturated rings. The second kappa shape index (κ2) is 3.85. The maximum absolute atomic E-state index is 11.4. The molecule has 0 aromatic carbocycles. The third-order valence-corrected chi connectivity index (χ3v) is 1.63. The molecule has 60 valence electrons. The Kier molecular flexibility index (Phi) is 3.78. The second-order valence-electron chi connectivity index (χ2n) is 1.56. The lowest BCUT2D eigenvalue weighted by Crippen LogP contribution is -2.24. The van der Waals surface area contributed by atoms with Gasteiger partial charge in [-0.1, -0.05) is 6.92 Å². The Bertz CT molecular complexity index is 121. The minimum absolute atomic E-state index is 0.458. The van der Waals surface area contributed by atoms with Crippen molar-refractivity contribution in [2.45, 2.75) is 13.1 Å². The summed E-state index contributed by atoms with van der Waals surface area (Å²) in [5, 5.41) is 0. The molecule has 0 aromatic rings. The lowest BCUT2D eigenvalue weighted by molar-refractivity contribution is -0.167. The van der Waals surface area contributed by atoms with Gasteiger partial charge in [-0.15, -0.1) is 0 Å². The standard InChI is InChI=1S/C5H7F3OS/c1-2-10-3-4(9)5(6,7)8/h2-3H2,1H3. The number of halogens is 3. The van der Waals surface area contributed by atoms with Crippen LogP contribution in [0.1, 0.15) is 6.92 Å². The second-order valence-corrected chi connectivity index (χ2v) is 2.83. The molecule has 10 heavy (non-hydrogen) atoms. The van der Waals surface area contributed by atoms with Gasteiger partial charge in [0.05, 0.1) is 5.75 Å². The fraction of sp³-hybridized carbons (Fsp3) is 0.800. The highest BCUT2D eigenvalue weighted by Gasteiger charge is 2.37. The van der Waals surface area contributed by atoms with Gasteiger partial charge in [-0.3, -0.25) is 4.79 Å². The summed E-state index contributed by atoms with van der Waals surface area (Å²) in [6, 6.07) is 0. The molecule has 0 aliphatic carbocycles. The molecule has 0 heterocycles. The van der Waals surface area contributed by atoms with Crippen LogP contribution in [0.25, 0.3) is 0 Å². The quantitative estimate of drug-likeness (QED) is 0.646. The predicted molar refractivity (Wildman–Crippen MR) is 34.1 cm³/mol. The van der Waals surface area contributed by atoms with E-state index in [1.807, 2.05) is 0 Å². The summed E-state index contributed by atoms with van der Waals surface area (Å²) in [7, 11) is 0. The average Bonchev–Trinajstić information content (AvgIpc) is 1.80. The van der Waals surface area contributed by atoms with E-state index >= 15 is 0 Å². The first-order valence-electron chi connectivity index (χ1n) is 2.66. The molecule has 0 radical (unpaired) electrons. The summed E-state index contributed by atoms with van der Waals surface area (Å²) in [6.07, 6.45) is -4.65. The summed E-state index contributed by atoms with van der Waals surface area (Å²) in [5.41, 5.74) is 0. The third-order valence-electron chi connectivity index (χ3n) is 0.753. The van der Waals surface area contributed by atoms with Crippen molar-refractivity contribution in [3.05, 3.63) is 0 Å². The van der Waals surface area contributed by atoms with E-state index < -0.39 is 17.7 Å². The Hall–Kier alpha value is -0.190.